The van der Waals surface area contributed by atoms with E-state index in [1.54, 1.807) is 0 Å². The molecule has 0 aliphatic heterocycles. The highest BCUT2D eigenvalue weighted by Gasteiger charge is 2.00. The number of hydrogen-bond acceptors (Lipinski definition) is 2. The summed E-state index contributed by atoms with van der Waals surface area (Å²) in [6, 6.07) is 5.62. The lowest BCUT2D eigenvalue weighted by atomic mass is 9.94. The normalized spacial score (nSPS) is 11.6. The first-order valence-corrected chi connectivity index (χ1v) is 4.22. The van der Waals surface area contributed by atoms with Gasteiger partial charge >= 0.3 is 0 Å². The van der Waals surface area contributed by atoms with Gasteiger partial charge in [-0.1, -0.05) is 34.4 Å². The summed E-state index contributed by atoms with van der Waals surface area (Å²) in [5, 5.41) is 11.9. The molecule has 0 aliphatic carbocycles. The van der Waals surface area contributed by atoms with Crippen LogP contribution in [-0.2, 0) is 6.42 Å². The minimum absolute atomic E-state index is 0.180. The third kappa shape index (κ3) is 2.66. The number of nitrogens with zero attached hydrogens (tertiary/aromatic N) is 1. The Bertz CT molecular complexity index is 341. The maximum absolute atomic E-state index is 8.35. The van der Waals surface area contributed by atoms with E-state index in [9.17, 15) is 0 Å². The number of oxime groups is 1. The maximum Gasteiger partial charge on any atom is 0.143 e. The average molecular weight is 196 g/mol. The van der Waals surface area contributed by atoms with Crippen LogP contribution in [0.4, 0.5) is 0 Å². The van der Waals surface area contributed by atoms with Gasteiger partial charge in [0.05, 0.1) is 0 Å². The predicted molar refractivity (Wildman–Crippen MR) is 56.7 cm³/mol. The summed E-state index contributed by atoms with van der Waals surface area (Å²) in [6.45, 7) is 0. The molecule has 68 valence electrons. The molecule has 0 unspecified atom stereocenters. The summed E-state index contributed by atoms with van der Waals surface area (Å²) in [6.07, 6.45) is 0.413. The van der Waals surface area contributed by atoms with Crippen LogP contribution in [0.25, 0.3) is 0 Å². The quantitative estimate of drug-likeness (QED) is 0.228. The number of amidine groups is 1. The van der Waals surface area contributed by atoms with Crippen LogP contribution in [0.1, 0.15) is 5.56 Å². The SMILES string of the molecule is Bc1ccc(C/C(N)=N/O)cc1Cl. The second-order valence-electron chi connectivity index (χ2n) is 2.85. The van der Waals surface area contributed by atoms with Crippen molar-refractivity contribution in [3.8, 4) is 0 Å². The van der Waals surface area contributed by atoms with Crippen molar-refractivity contribution in [3.05, 3.63) is 28.8 Å². The van der Waals surface area contributed by atoms with E-state index in [1.807, 2.05) is 26.0 Å². The van der Waals surface area contributed by atoms with Gasteiger partial charge in [0.25, 0.3) is 0 Å². The van der Waals surface area contributed by atoms with Gasteiger partial charge in [-0.15, -0.1) is 0 Å². The molecule has 0 aromatic heterocycles. The van der Waals surface area contributed by atoms with E-state index < -0.39 is 0 Å². The number of halogens is 1. The van der Waals surface area contributed by atoms with Crippen LogP contribution in [0.3, 0.4) is 0 Å². The number of rotatable bonds is 2. The van der Waals surface area contributed by atoms with E-state index in [2.05, 4.69) is 5.16 Å². The predicted octanol–water partition coefficient (Wildman–Crippen LogP) is -0.113. The lowest BCUT2D eigenvalue weighted by molar-refractivity contribution is 0.317. The van der Waals surface area contributed by atoms with E-state index in [1.165, 1.54) is 0 Å². The first-order valence-electron chi connectivity index (χ1n) is 3.85. The molecule has 0 radical (unpaired) electrons. The van der Waals surface area contributed by atoms with Gasteiger partial charge in [0, 0.05) is 11.4 Å². The second kappa shape index (κ2) is 4.19. The molecule has 1 aromatic carbocycles. The Labute approximate surface area is 82.6 Å². The molecule has 0 spiro atoms. The van der Waals surface area contributed by atoms with Gasteiger partial charge in [0.15, 0.2) is 0 Å². The fourth-order valence-corrected chi connectivity index (χ4v) is 1.19. The van der Waals surface area contributed by atoms with Gasteiger partial charge in [-0.2, -0.15) is 0 Å². The molecule has 0 bridgehead atoms. The van der Waals surface area contributed by atoms with Crippen molar-refractivity contribution in [2.75, 3.05) is 0 Å². The molecule has 3 N–H and O–H groups in total. The zero-order valence-corrected chi connectivity index (χ0v) is 8.04. The van der Waals surface area contributed by atoms with Gasteiger partial charge in [-0.25, -0.2) is 0 Å². The van der Waals surface area contributed by atoms with Crippen LogP contribution in [-0.4, -0.2) is 18.9 Å². The second-order valence-corrected chi connectivity index (χ2v) is 3.26. The summed E-state index contributed by atoms with van der Waals surface area (Å²) in [7, 11) is 1.93. The highest BCUT2D eigenvalue weighted by Crippen LogP contribution is 2.08. The fraction of sp³-hybridized carbons (Fsp3) is 0.125. The monoisotopic (exact) mass is 196 g/mol. The Morgan fingerprint density at radius 1 is 1.62 bits per heavy atom. The van der Waals surface area contributed by atoms with E-state index in [0.29, 0.717) is 11.4 Å². The Kier molecular flexibility index (Phi) is 3.20. The van der Waals surface area contributed by atoms with Gasteiger partial charge in [0.2, 0.25) is 0 Å². The van der Waals surface area contributed by atoms with E-state index >= 15 is 0 Å². The van der Waals surface area contributed by atoms with E-state index in [0.717, 1.165) is 11.0 Å². The number of hydrogen-bond donors (Lipinski definition) is 2. The van der Waals surface area contributed by atoms with E-state index in [-0.39, 0.29) is 5.84 Å². The molecule has 0 saturated heterocycles. The molecule has 0 aliphatic rings. The number of nitrogens with two attached hydrogens (primary N) is 1. The molecule has 0 saturated carbocycles. The smallest absolute Gasteiger partial charge is 0.143 e. The molecule has 3 nitrogen and oxygen atoms in total. The highest BCUT2D eigenvalue weighted by atomic mass is 35.5. The van der Waals surface area contributed by atoms with Crippen molar-refractivity contribution in [1.29, 1.82) is 0 Å². The topological polar surface area (TPSA) is 58.6 Å². The Balaban J connectivity index is 2.86. The zero-order chi connectivity index (χ0) is 9.84. The molecule has 0 heterocycles. The summed E-state index contributed by atoms with van der Waals surface area (Å²) < 4.78 is 0. The van der Waals surface area contributed by atoms with Crippen LogP contribution in [0.5, 0.6) is 0 Å². The highest BCUT2D eigenvalue weighted by molar-refractivity contribution is 6.45. The zero-order valence-electron chi connectivity index (χ0n) is 7.29. The van der Waals surface area contributed by atoms with E-state index in [4.69, 9.17) is 22.5 Å². The first kappa shape index (κ1) is 9.93. The van der Waals surface area contributed by atoms with Gasteiger partial charge < -0.3 is 10.9 Å². The summed E-state index contributed by atoms with van der Waals surface area (Å²) in [4.78, 5) is 0. The van der Waals surface area contributed by atoms with Gasteiger partial charge in [-0.3, -0.25) is 0 Å². The minimum atomic E-state index is 0.180. The lowest BCUT2D eigenvalue weighted by Gasteiger charge is -2.02. The molecular formula is C8H10BClN2O. The molecule has 13 heavy (non-hydrogen) atoms. The summed E-state index contributed by atoms with van der Waals surface area (Å²) >= 11 is 5.90. The lowest BCUT2D eigenvalue weighted by Crippen LogP contribution is -2.15. The minimum Gasteiger partial charge on any atom is -0.409 e. The number of benzene rings is 1. The van der Waals surface area contributed by atoms with Crippen LogP contribution in [0, 0.1) is 0 Å². The average Bonchev–Trinajstić information content (AvgIpc) is 2.11. The van der Waals surface area contributed by atoms with Crippen LogP contribution >= 0.6 is 11.6 Å². The molecule has 0 atom stereocenters. The Hall–Kier alpha value is -1.16. The van der Waals surface area contributed by atoms with Crippen LogP contribution in [0.2, 0.25) is 5.02 Å². The van der Waals surface area contributed by atoms with Crippen molar-refractivity contribution in [3.63, 3.8) is 0 Å². The Morgan fingerprint density at radius 3 is 2.85 bits per heavy atom. The molecule has 0 amide bonds. The molecule has 1 aromatic rings. The third-order valence-corrected chi connectivity index (χ3v) is 2.16. The van der Waals surface area contributed by atoms with Crippen LogP contribution in [0.15, 0.2) is 23.4 Å². The van der Waals surface area contributed by atoms with Crippen LogP contribution < -0.4 is 11.2 Å². The van der Waals surface area contributed by atoms with Crippen molar-refractivity contribution in [1.82, 2.24) is 0 Å². The fourth-order valence-electron chi connectivity index (χ4n) is 0.991. The van der Waals surface area contributed by atoms with Gasteiger partial charge in [-0.05, 0) is 11.6 Å². The first-order chi connectivity index (χ1) is 6.13. The molecule has 0 fully saturated rings. The third-order valence-electron chi connectivity index (χ3n) is 1.75. The van der Waals surface area contributed by atoms with Crippen molar-refractivity contribution in [2.24, 2.45) is 10.9 Å². The maximum atomic E-state index is 8.35. The molecule has 1 rings (SSSR count). The van der Waals surface area contributed by atoms with Crippen molar-refractivity contribution < 1.29 is 5.21 Å². The standard InChI is InChI=1S/C8H10BClN2O/c9-6-2-1-5(3-7(6)10)4-8(11)12-13/h1-3,13H,4,9H2,(H2,11,12). The van der Waals surface area contributed by atoms with Gasteiger partial charge in [0.1, 0.15) is 13.7 Å². The van der Waals surface area contributed by atoms with Crippen molar-refractivity contribution in [2.45, 2.75) is 6.42 Å². The van der Waals surface area contributed by atoms with Crippen molar-refractivity contribution >= 4 is 30.7 Å². The largest absolute Gasteiger partial charge is 0.409 e. The molecular weight excluding hydrogens is 186 g/mol. The Morgan fingerprint density at radius 2 is 2.31 bits per heavy atom. The summed E-state index contributed by atoms with van der Waals surface area (Å²) in [5.41, 5.74) is 7.30. The molecule has 5 heteroatoms. The summed E-state index contributed by atoms with van der Waals surface area (Å²) in [5.74, 6) is 0.180.